The van der Waals surface area contributed by atoms with Crippen molar-refractivity contribution in [2.45, 2.75) is 25.8 Å². The first-order chi connectivity index (χ1) is 6.50. The summed E-state index contributed by atoms with van der Waals surface area (Å²) in [6.45, 7) is 1.91. The molecule has 1 unspecified atom stereocenters. The Morgan fingerprint density at radius 1 is 1.71 bits per heavy atom. The lowest BCUT2D eigenvalue weighted by atomic mass is 9.88. The van der Waals surface area contributed by atoms with Gasteiger partial charge in [0.15, 0.2) is 0 Å². The van der Waals surface area contributed by atoms with E-state index in [-0.39, 0.29) is 11.7 Å². The molecule has 0 aliphatic heterocycles. The predicted molar refractivity (Wildman–Crippen MR) is 52.8 cm³/mol. The SMILES string of the molecule is C[C@@H]1CC(F)=CC=C1CC(N)C(N)=O. The Kier molecular flexibility index (Phi) is 3.41. The van der Waals surface area contributed by atoms with E-state index >= 15 is 0 Å². The molecule has 0 spiro atoms. The number of carbonyl (C=O) groups is 1. The second-order valence-electron chi connectivity index (χ2n) is 3.67. The van der Waals surface area contributed by atoms with Gasteiger partial charge in [-0.1, -0.05) is 18.6 Å². The maximum atomic E-state index is 12.8. The van der Waals surface area contributed by atoms with Gasteiger partial charge in [0.05, 0.1) is 6.04 Å². The van der Waals surface area contributed by atoms with Crippen LogP contribution in [0.1, 0.15) is 19.8 Å². The van der Waals surface area contributed by atoms with E-state index in [1.54, 1.807) is 6.08 Å². The molecule has 2 atom stereocenters. The maximum absolute atomic E-state index is 12.8. The van der Waals surface area contributed by atoms with Crippen molar-refractivity contribution in [2.75, 3.05) is 0 Å². The van der Waals surface area contributed by atoms with E-state index < -0.39 is 11.9 Å². The van der Waals surface area contributed by atoms with Crippen molar-refractivity contribution in [3.8, 4) is 0 Å². The molecule has 1 aliphatic rings. The van der Waals surface area contributed by atoms with Crippen molar-refractivity contribution >= 4 is 5.91 Å². The minimum absolute atomic E-state index is 0.102. The Morgan fingerprint density at radius 3 is 2.86 bits per heavy atom. The Bertz CT molecular complexity index is 296. The maximum Gasteiger partial charge on any atom is 0.234 e. The van der Waals surface area contributed by atoms with Crippen molar-refractivity contribution in [3.05, 3.63) is 23.6 Å². The molecule has 3 nitrogen and oxygen atoms in total. The Hall–Kier alpha value is -1.16. The van der Waals surface area contributed by atoms with Gasteiger partial charge in [0, 0.05) is 6.42 Å². The minimum Gasteiger partial charge on any atom is -0.368 e. The molecule has 0 saturated carbocycles. The molecule has 1 aliphatic carbocycles. The Morgan fingerprint density at radius 2 is 2.36 bits per heavy atom. The summed E-state index contributed by atoms with van der Waals surface area (Å²) in [6.07, 6.45) is 3.91. The molecule has 0 aromatic carbocycles. The molecule has 0 aromatic heterocycles. The van der Waals surface area contributed by atoms with Crippen LogP contribution in [-0.2, 0) is 4.79 Å². The van der Waals surface area contributed by atoms with Crippen LogP contribution in [0.2, 0.25) is 0 Å². The average Bonchev–Trinajstić information content (AvgIpc) is 2.09. The molecule has 0 radical (unpaired) electrons. The van der Waals surface area contributed by atoms with E-state index in [9.17, 15) is 9.18 Å². The highest BCUT2D eigenvalue weighted by atomic mass is 19.1. The van der Waals surface area contributed by atoms with Crippen LogP contribution in [0, 0.1) is 5.92 Å². The highest BCUT2D eigenvalue weighted by Gasteiger charge is 2.19. The molecule has 1 amide bonds. The van der Waals surface area contributed by atoms with Gasteiger partial charge in [-0.25, -0.2) is 4.39 Å². The van der Waals surface area contributed by atoms with Gasteiger partial charge in [-0.3, -0.25) is 4.79 Å². The summed E-state index contributed by atoms with van der Waals surface area (Å²) >= 11 is 0. The summed E-state index contributed by atoms with van der Waals surface area (Å²) in [7, 11) is 0. The number of nitrogens with two attached hydrogens (primary N) is 2. The second-order valence-corrected chi connectivity index (χ2v) is 3.67. The van der Waals surface area contributed by atoms with E-state index in [0.29, 0.717) is 12.8 Å². The van der Waals surface area contributed by atoms with Crippen molar-refractivity contribution < 1.29 is 9.18 Å². The van der Waals surface area contributed by atoms with Gasteiger partial charge in [0.1, 0.15) is 5.83 Å². The van der Waals surface area contributed by atoms with Crippen LogP contribution < -0.4 is 11.5 Å². The molecule has 0 heterocycles. The van der Waals surface area contributed by atoms with E-state index in [1.807, 2.05) is 6.92 Å². The topological polar surface area (TPSA) is 69.1 Å². The fraction of sp³-hybridized carbons (Fsp3) is 0.500. The van der Waals surface area contributed by atoms with Crippen LogP contribution in [-0.4, -0.2) is 11.9 Å². The normalized spacial score (nSPS) is 23.8. The predicted octanol–water partition coefficient (Wildman–Crippen LogP) is 1.01. The number of halogens is 1. The zero-order valence-electron chi connectivity index (χ0n) is 8.16. The third kappa shape index (κ3) is 2.67. The molecular formula is C10H15FN2O. The third-order valence-electron chi connectivity index (χ3n) is 2.43. The van der Waals surface area contributed by atoms with E-state index in [4.69, 9.17) is 11.5 Å². The number of hydrogen-bond acceptors (Lipinski definition) is 2. The molecular weight excluding hydrogens is 183 g/mol. The van der Waals surface area contributed by atoms with Crippen molar-refractivity contribution in [2.24, 2.45) is 17.4 Å². The lowest BCUT2D eigenvalue weighted by Gasteiger charge is -2.20. The summed E-state index contributed by atoms with van der Waals surface area (Å²) in [4.78, 5) is 10.7. The van der Waals surface area contributed by atoms with Gasteiger partial charge in [-0.15, -0.1) is 0 Å². The van der Waals surface area contributed by atoms with E-state index in [2.05, 4.69) is 0 Å². The quantitative estimate of drug-likeness (QED) is 0.710. The summed E-state index contributed by atoms with van der Waals surface area (Å²) in [6, 6.07) is -0.668. The van der Waals surface area contributed by atoms with Crippen LogP contribution in [0.25, 0.3) is 0 Å². The molecule has 0 saturated heterocycles. The zero-order chi connectivity index (χ0) is 10.7. The Balaban J connectivity index is 2.65. The summed E-state index contributed by atoms with van der Waals surface area (Å²) < 4.78 is 12.8. The Labute approximate surface area is 82.6 Å². The lowest BCUT2D eigenvalue weighted by Crippen LogP contribution is -2.37. The number of amides is 1. The molecule has 4 heteroatoms. The summed E-state index contributed by atoms with van der Waals surface area (Å²) in [5, 5.41) is 0. The summed E-state index contributed by atoms with van der Waals surface area (Å²) in [5.41, 5.74) is 11.5. The highest BCUT2D eigenvalue weighted by Crippen LogP contribution is 2.27. The van der Waals surface area contributed by atoms with Crippen molar-refractivity contribution in [3.63, 3.8) is 0 Å². The van der Waals surface area contributed by atoms with Gasteiger partial charge >= 0.3 is 0 Å². The fourth-order valence-electron chi connectivity index (χ4n) is 1.48. The second kappa shape index (κ2) is 4.37. The van der Waals surface area contributed by atoms with Gasteiger partial charge in [0.25, 0.3) is 0 Å². The minimum atomic E-state index is -0.668. The highest BCUT2D eigenvalue weighted by molar-refractivity contribution is 5.79. The van der Waals surface area contributed by atoms with Crippen LogP contribution >= 0.6 is 0 Å². The van der Waals surface area contributed by atoms with Crippen LogP contribution in [0.3, 0.4) is 0 Å². The molecule has 78 valence electrons. The molecule has 14 heavy (non-hydrogen) atoms. The number of rotatable bonds is 3. The van der Waals surface area contributed by atoms with Crippen molar-refractivity contribution in [1.29, 1.82) is 0 Å². The first kappa shape index (κ1) is 10.9. The van der Waals surface area contributed by atoms with E-state index in [1.165, 1.54) is 6.08 Å². The number of hydrogen-bond donors (Lipinski definition) is 2. The first-order valence-corrected chi connectivity index (χ1v) is 4.60. The van der Waals surface area contributed by atoms with E-state index in [0.717, 1.165) is 5.57 Å². The van der Waals surface area contributed by atoms with Gasteiger partial charge in [-0.2, -0.15) is 0 Å². The zero-order valence-corrected chi connectivity index (χ0v) is 8.16. The van der Waals surface area contributed by atoms with Gasteiger partial charge < -0.3 is 11.5 Å². The number of allylic oxidation sites excluding steroid dienone is 3. The molecule has 0 bridgehead atoms. The standard InChI is InChI=1S/C10H15FN2O/c1-6-4-8(11)3-2-7(6)5-9(12)10(13)14/h2-3,6,9H,4-5,12H2,1H3,(H2,13,14)/t6-,9?/m1/s1. The monoisotopic (exact) mass is 198 g/mol. The molecule has 0 fully saturated rings. The van der Waals surface area contributed by atoms with Crippen LogP contribution in [0.5, 0.6) is 0 Å². The lowest BCUT2D eigenvalue weighted by molar-refractivity contribution is -0.119. The smallest absolute Gasteiger partial charge is 0.234 e. The van der Waals surface area contributed by atoms with Crippen LogP contribution in [0.4, 0.5) is 4.39 Å². The molecule has 4 N–H and O–H groups in total. The van der Waals surface area contributed by atoms with Crippen molar-refractivity contribution in [1.82, 2.24) is 0 Å². The number of primary amides is 1. The molecule has 1 rings (SSSR count). The van der Waals surface area contributed by atoms with Gasteiger partial charge in [-0.05, 0) is 18.4 Å². The van der Waals surface area contributed by atoms with Gasteiger partial charge in [0.2, 0.25) is 5.91 Å². The average molecular weight is 198 g/mol. The third-order valence-corrected chi connectivity index (χ3v) is 2.43. The summed E-state index contributed by atoms with van der Waals surface area (Å²) in [5.74, 6) is -0.549. The number of carbonyl (C=O) groups excluding carboxylic acids is 1. The largest absolute Gasteiger partial charge is 0.368 e. The molecule has 0 aromatic rings. The fourth-order valence-corrected chi connectivity index (χ4v) is 1.48. The first-order valence-electron chi connectivity index (χ1n) is 4.60. The van der Waals surface area contributed by atoms with Crippen LogP contribution in [0.15, 0.2) is 23.6 Å².